The Kier molecular flexibility index (Phi) is 12.9. The van der Waals surface area contributed by atoms with Crippen LogP contribution in [0, 0.1) is 11.2 Å². The second-order valence-corrected chi connectivity index (χ2v) is 11.6. The number of carboxylic acid groups (broad SMARTS) is 1. The average molecular weight is 658 g/mol. The number of ether oxygens (including phenoxy) is 5. The molecule has 2 aromatic carbocycles. The third-order valence-corrected chi connectivity index (χ3v) is 7.67. The minimum atomic E-state index is -1.37. The lowest BCUT2D eigenvalue weighted by molar-refractivity contribution is -0.165. The number of aliphatic carboxylic acids is 1. The Morgan fingerprint density at radius 3 is 2.43 bits per heavy atom. The van der Waals surface area contributed by atoms with E-state index in [1.165, 1.54) is 45.1 Å². The van der Waals surface area contributed by atoms with Crippen molar-refractivity contribution < 1.29 is 57.2 Å². The zero-order valence-corrected chi connectivity index (χ0v) is 26.9. The van der Waals surface area contributed by atoms with Gasteiger partial charge in [-0.3, -0.25) is 9.59 Å². The van der Waals surface area contributed by atoms with Crippen molar-refractivity contribution in [1.82, 2.24) is 4.90 Å². The van der Waals surface area contributed by atoms with Crippen molar-refractivity contribution in [1.29, 1.82) is 0 Å². The molecule has 0 aliphatic carbocycles. The molecular weight excluding hydrogens is 617 g/mol. The van der Waals surface area contributed by atoms with Crippen LogP contribution >= 0.6 is 0 Å². The second-order valence-electron chi connectivity index (χ2n) is 11.6. The summed E-state index contributed by atoms with van der Waals surface area (Å²) >= 11 is 0. The van der Waals surface area contributed by atoms with Crippen molar-refractivity contribution in [2.24, 2.45) is 5.41 Å². The van der Waals surface area contributed by atoms with Crippen LogP contribution in [0.15, 0.2) is 49.1 Å². The lowest BCUT2D eigenvalue weighted by Crippen LogP contribution is -2.53. The molecule has 1 aliphatic heterocycles. The highest BCUT2D eigenvalue weighted by Crippen LogP contribution is 2.33. The van der Waals surface area contributed by atoms with Crippen molar-refractivity contribution >= 4 is 29.6 Å². The number of esters is 2. The summed E-state index contributed by atoms with van der Waals surface area (Å²) in [5, 5.41) is 9.00. The van der Waals surface area contributed by atoms with Crippen molar-refractivity contribution in [3.8, 4) is 17.2 Å². The molecule has 2 atom stereocenters. The van der Waals surface area contributed by atoms with Crippen LogP contribution < -0.4 is 14.2 Å². The first-order valence-electron chi connectivity index (χ1n) is 15.0. The molecule has 47 heavy (non-hydrogen) atoms. The summed E-state index contributed by atoms with van der Waals surface area (Å²) in [6.07, 6.45) is 1.92. The van der Waals surface area contributed by atoms with Gasteiger partial charge in [0, 0.05) is 12.6 Å². The Labute approximate surface area is 272 Å². The lowest BCUT2D eigenvalue weighted by atomic mass is 9.87. The number of rotatable bonds is 16. The number of aryl methyl sites for hydroxylation is 1. The molecule has 3 rings (SSSR count). The molecular formula is C34H40FNO11. The van der Waals surface area contributed by atoms with E-state index in [2.05, 4.69) is 6.58 Å². The fourth-order valence-electron chi connectivity index (χ4n) is 5.03. The quantitative estimate of drug-likeness (QED) is 0.157. The molecule has 1 N–H and O–H groups in total. The second kappa shape index (κ2) is 16.6. The highest BCUT2D eigenvalue weighted by molar-refractivity contribution is 6.38. The molecule has 1 heterocycles. The number of nitrogens with zero attached hydrogens (tertiary/aromatic N) is 1. The van der Waals surface area contributed by atoms with E-state index in [4.69, 9.17) is 28.8 Å². The molecule has 13 heteroatoms. The molecule has 0 spiro atoms. The van der Waals surface area contributed by atoms with Gasteiger partial charge >= 0.3 is 17.9 Å². The Hall–Kier alpha value is -4.94. The summed E-state index contributed by atoms with van der Waals surface area (Å²) in [6, 6.07) is 7.98. The third-order valence-electron chi connectivity index (χ3n) is 7.67. The van der Waals surface area contributed by atoms with Crippen LogP contribution in [0.1, 0.15) is 56.8 Å². The molecule has 2 aromatic rings. The van der Waals surface area contributed by atoms with Gasteiger partial charge in [-0.25, -0.2) is 18.8 Å². The van der Waals surface area contributed by atoms with E-state index in [0.29, 0.717) is 36.3 Å². The molecule has 1 amide bonds. The fourth-order valence-corrected chi connectivity index (χ4v) is 5.03. The molecule has 254 valence electrons. The van der Waals surface area contributed by atoms with Gasteiger partial charge in [0.15, 0.2) is 29.7 Å². The van der Waals surface area contributed by atoms with Crippen LogP contribution in [0.4, 0.5) is 4.39 Å². The van der Waals surface area contributed by atoms with Crippen LogP contribution in [-0.2, 0) is 39.9 Å². The van der Waals surface area contributed by atoms with Gasteiger partial charge < -0.3 is 33.7 Å². The van der Waals surface area contributed by atoms with Crippen molar-refractivity contribution in [2.45, 2.75) is 58.1 Å². The van der Waals surface area contributed by atoms with Crippen LogP contribution in [0.2, 0.25) is 0 Å². The first kappa shape index (κ1) is 36.5. The maximum absolute atomic E-state index is 14.5. The summed E-state index contributed by atoms with van der Waals surface area (Å²) in [6.45, 7) is 5.22. The Balaban J connectivity index is 1.88. The molecule has 0 unspecified atom stereocenters. The standard InChI is InChI=1S/C34H40FNO11/c1-6-30(39)46-20-34(2,3)31(40)32(41)36-16-8-7-9-24(36)33(42)47-25(14-10-21-11-15-26(43-4)28(17-21)44-5)22-12-13-23(35)27(18-22)45-19-29(37)38/h6,11-13,15,17-18,24-25H,1,7-10,14,16,19-20H2,2-5H3,(H,37,38)/t24-,25+/m0/s1. The molecule has 12 nitrogen and oxygen atoms in total. The third kappa shape index (κ3) is 9.77. The maximum atomic E-state index is 14.5. The first-order chi connectivity index (χ1) is 22.3. The average Bonchev–Trinajstić information content (AvgIpc) is 3.07. The normalized spacial score (nSPS) is 15.2. The van der Waals surface area contributed by atoms with Gasteiger partial charge in [-0.05, 0) is 81.3 Å². The van der Waals surface area contributed by atoms with Crippen molar-refractivity contribution in [3.63, 3.8) is 0 Å². The number of halogens is 1. The van der Waals surface area contributed by atoms with Gasteiger partial charge in [-0.2, -0.15) is 0 Å². The predicted molar refractivity (Wildman–Crippen MR) is 166 cm³/mol. The van der Waals surface area contributed by atoms with E-state index in [1.54, 1.807) is 12.1 Å². The number of Topliss-reactive ketones (excluding diaryl/α,β-unsaturated/α-hetero) is 1. The van der Waals surface area contributed by atoms with Crippen LogP contribution in [0.3, 0.4) is 0 Å². The predicted octanol–water partition coefficient (Wildman–Crippen LogP) is 4.23. The molecule has 1 aliphatic rings. The van der Waals surface area contributed by atoms with E-state index < -0.39 is 59.6 Å². The molecule has 0 saturated carbocycles. The van der Waals surface area contributed by atoms with E-state index in [9.17, 15) is 28.4 Å². The van der Waals surface area contributed by atoms with E-state index in [-0.39, 0.29) is 31.7 Å². The van der Waals surface area contributed by atoms with Gasteiger partial charge in [0.1, 0.15) is 18.8 Å². The molecule has 1 saturated heterocycles. The number of carbonyl (C=O) groups is 5. The number of ketones is 1. The lowest BCUT2D eigenvalue weighted by Gasteiger charge is -2.36. The van der Waals surface area contributed by atoms with Crippen LogP contribution in [0.5, 0.6) is 17.2 Å². The van der Waals surface area contributed by atoms with E-state index in [0.717, 1.165) is 17.7 Å². The smallest absolute Gasteiger partial charge is 0.341 e. The van der Waals surface area contributed by atoms with Gasteiger partial charge in [-0.15, -0.1) is 0 Å². The van der Waals surface area contributed by atoms with E-state index in [1.807, 2.05) is 6.07 Å². The summed E-state index contributed by atoms with van der Waals surface area (Å²) in [4.78, 5) is 64.2. The summed E-state index contributed by atoms with van der Waals surface area (Å²) in [5.74, 6) is -4.67. The van der Waals surface area contributed by atoms with Gasteiger partial charge in [0.2, 0.25) is 5.78 Å². The van der Waals surface area contributed by atoms with Gasteiger partial charge in [0.25, 0.3) is 5.91 Å². The maximum Gasteiger partial charge on any atom is 0.341 e. The van der Waals surface area contributed by atoms with E-state index >= 15 is 0 Å². The fraction of sp³-hybridized carbons (Fsp3) is 0.441. The summed E-state index contributed by atoms with van der Waals surface area (Å²) < 4.78 is 41.3. The first-order valence-corrected chi connectivity index (χ1v) is 15.0. The number of piperidine rings is 1. The molecule has 0 radical (unpaired) electrons. The molecule has 0 aromatic heterocycles. The number of benzene rings is 2. The number of likely N-dealkylation sites (tertiary alicyclic amines) is 1. The molecule has 0 bridgehead atoms. The Bertz CT molecular complexity index is 1490. The summed E-state index contributed by atoms with van der Waals surface area (Å²) in [5.41, 5.74) is -0.229. The monoisotopic (exact) mass is 657 g/mol. The number of amides is 1. The summed E-state index contributed by atoms with van der Waals surface area (Å²) in [7, 11) is 3.01. The minimum Gasteiger partial charge on any atom is -0.493 e. The van der Waals surface area contributed by atoms with Crippen molar-refractivity contribution in [3.05, 3.63) is 66.0 Å². The number of carboxylic acids is 1. The Morgan fingerprint density at radius 1 is 1.04 bits per heavy atom. The Morgan fingerprint density at radius 2 is 1.77 bits per heavy atom. The minimum absolute atomic E-state index is 0.132. The SMILES string of the molecule is C=CC(=O)OCC(C)(C)C(=O)C(=O)N1CCCC[C@H]1C(=O)O[C@H](CCc1ccc(OC)c(OC)c1)c1ccc(F)c(OCC(=O)O)c1. The number of hydrogen-bond acceptors (Lipinski definition) is 10. The number of carbonyl (C=O) groups excluding carboxylic acids is 4. The van der Waals surface area contributed by atoms with Gasteiger partial charge in [-0.1, -0.05) is 18.7 Å². The van der Waals surface area contributed by atoms with Crippen LogP contribution in [-0.4, -0.2) is 79.6 Å². The highest BCUT2D eigenvalue weighted by atomic mass is 19.1. The zero-order valence-electron chi connectivity index (χ0n) is 26.9. The van der Waals surface area contributed by atoms with Gasteiger partial charge in [0.05, 0.1) is 19.6 Å². The highest BCUT2D eigenvalue weighted by Gasteiger charge is 2.42. The van der Waals surface area contributed by atoms with Crippen LogP contribution in [0.25, 0.3) is 0 Å². The number of hydrogen-bond donors (Lipinski definition) is 1. The van der Waals surface area contributed by atoms with Crippen molar-refractivity contribution in [2.75, 3.05) is 34.0 Å². The molecule has 1 fully saturated rings. The topological polar surface area (TPSA) is 155 Å². The number of methoxy groups -OCH3 is 2. The zero-order chi connectivity index (χ0) is 34.7. The largest absolute Gasteiger partial charge is 0.493 e.